The second-order valence-electron chi connectivity index (χ2n) is 7.68. The molecule has 6 nitrogen and oxygen atoms in total. The SMILES string of the molecule is COc1ccc(Cn2c(=O)c3c(c4ccccc42)OC(C)(C)[C@@H](O)[C@@H]3N)cc1. The molecule has 2 aromatic carbocycles. The molecule has 3 N–H and O–H groups in total. The van der Waals surface area contributed by atoms with Crippen LogP contribution in [0.25, 0.3) is 10.9 Å². The first kappa shape index (κ1) is 18.5. The minimum atomic E-state index is -0.983. The topological polar surface area (TPSA) is 86.7 Å². The third-order valence-electron chi connectivity index (χ3n) is 5.41. The van der Waals surface area contributed by atoms with Crippen LogP contribution < -0.4 is 20.8 Å². The Hall–Kier alpha value is -2.83. The van der Waals surface area contributed by atoms with Crippen LogP contribution in [0, 0.1) is 0 Å². The molecule has 1 aliphatic rings. The molecule has 0 spiro atoms. The van der Waals surface area contributed by atoms with Gasteiger partial charge in [-0.1, -0.05) is 24.3 Å². The molecule has 0 unspecified atom stereocenters. The molecule has 28 heavy (non-hydrogen) atoms. The van der Waals surface area contributed by atoms with E-state index in [1.54, 1.807) is 25.5 Å². The number of methoxy groups -OCH3 is 1. The fraction of sp³-hybridized carbons (Fsp3) is 0.318. The maximum Gasteiger partial charge on any atom is 0.260 e. The molecule has 1 aromatic heterocycles. The third kappa shape index (κ3) is 2.85. The molecule has 0 fully saturated rings. The highest BCUT2D eigenvalue weighted by atomic mass is 16.5. The monoisotopic (exact) mass is 380 g/mol. The number of nitrogens with two attached hydrogens (primary N) is 1. The fourth-order valence-electron chi connectivity index (χ4n) is 3.79. The van der Waals surface area contributed by atoms with Crippen LogP contribution in [0.1, 0.15) is 31.0 Å². The van der Waals surface area contributed by atoms with E-state index in [-0.39, 0.29) is 5.56 Å². The molecule has 3 aromatic rings. The van der Waals surface area contributed by atoms with Crippen molar-refractivity contribution in [3.63, 3.8) is 0 Å². The zero-order chi connectivity index (χ0) is 20.1. The minimum absolute atomic E-state index is 0.244. The lowest BCUT2D eigenvalue weighted by atomic mass is 9.87. The van der Waals surface area contributed by atoms with Crippen molar-refractivity contribution < 1.29 is 14.6 Å². The number of aliphatic hydroxyl groups excluding tert-OH is 1. The van der Waals surface area contributed by atoms with Gasteiger partial charge in [-0.15, -0.1) is 0 Å². The summed E-state index contributed by atoms with van der Waals surface area (Å²) in [5, 5.41) is 11.4. The normalized spacial score (nSPS) is 20.5. The first-order valence-corrected chi connectivity index (χ1v) is 9.24. The lowest BCUT2D eigenvalue weighted by molar-refractivity contribution is -0.0567. The van der Waals surface area contributed by atoms with Gasteiger partial charge in [0.15, 0.2) is 0 Å². The molecule has 146 valence electrons. The van der Waals surface area contributed by atoms with E-state index in [9.17, 15) is 9.90 Å². The Kier molecular flexibility index (Phi) is 4.40. The molecule has 2 atom stereocenters. The van der Waals surface area contributed by atoms with Crippen LogP contribution in [-0.4, -0.2) is 28.5 Å². The number of para-hydroxylation sites is 1. The molecular formula is C22H24N2O4. The summed E-state index contributed by atoms with van der Waals surface area (Å²) >= 11 is 0. The number of hydrogen-bond donors (Lipinski definition) is 2. The smallest absolute Gasteiger partial charge is 0.260 e. The average Bonchev–Trinajstić information content (AvgIpc) is 2.69. The van der Waals surface area contributed by atoms with E-state index in [1.165, 1.54) is 0 Å². The molecule has 0 radical (unpaired) electrons. The highest BCUT2D eigenvalue weighted by molar-refractivity contribution is 5.87. The fourth-order valence-corrected chi connectivity index (χ4v) is 3.79. The van der Waals surface area contributed by atoms with Crippen LogP contribution >= 0.6 is 0 Å². The molecule has 0 amide bonds. The number of benzene rings is 2. The third-order valence-corrected chi connectivity index (χ3v) is 5.41. The average molecular weight is 380 g/mol. The Morgan fingerprint density at radius 1 is 1.18 bits per heavy atom. The molecule has 0 aliphatic carbocycles. The Balaban J connectivity index is 1.93. The quantitative estimate of drug-likeness (QED) is 0.729. The van der Waals surface area contributed by atoms with E-state index < -0.39 is 17.7 Å². The Morgan fingerprint density at radius 2 is 1.86 bits per heavy atom. The number of nitrogens with zero attached hydrogens (tertiary/aromatic N) is 1. The largest absolute Gasteiger partial charge is 0.497 e. The number of aliphatic hydroxyl groups is 1. The summed E-state index contributed by atoms with van der Waals surface area (Å²) in [6.45, 7) is 3.93. The van der Waals surface area contributed by atoms with Gasteiger partial charge in [0.25, 0.3) is 5.56 Å². The van der Waals surface area contributed by atoms with Crippen molar-refractivity contribution in [1.29, 1.82) is 0 Å². The van der Waals surface area contributed by atoms with Gasteiger partial charge in [0.2, 0.25) is 0 Å². The van der Waals surface area contributed by atoms with Gasteiger partial charge in [0.1, 0.15) is 23.2 Å². The standard InChI is InChI=1S/C22H24N2O4/c1-22(2)20(25)18(23)17-19(28-22)15-6-4-5-7-16(15)24(21(17)26)12-13-8-10-14(27-3)11-9-13/h4-11,18,20,25H,12,23H2,1-3H3/t18-,20+/m1/s1. The van der Waals surface area contributed by atoms with Gasteiger partial charge in [0.05, 0.1) is 30.8 Å². The van der Waals surface area contributed by atoms with Crippen molar-refractivity contribution in [1.82, 2.24) is 4.57 Å². The van der Waals surface area contributed by atoms with Crippen LogP contribution in [-0.2, 0) is 6.54 Å². The summed E-state index contributed by atoms with van der Waals surface area (Å²) in [6, 6.07) is 14.4. The van der Waals surface area contributed by atoms with Crippen molar-refractivity contribution in [2.24, 2.45) is 5.73 Å². The van der Waals surface area contributed by atoms with Crippen molar-refractivity contribution in [3.8, 4) is 11.5 Å². The van der Waals surface area contributed by atoms with E-state index >= 15 is 0 Å². The summed E-state index contributed by atoms with van der Waals surface area (Å²) in [4.78, 5) is 13.4. The first-order chi connectivity index (χ1) is 13.3. The van der Waals surface area contributed by atoms with Crippen LogP contribution in [0.2, 0.25) is 0 Å². The van der Waals surface area contributed by atoms with Crippen molar-refractivity contribution in [3.05, 3.63) is 70.0 Å². The summed E-state index contributed by atoms with van der Waals surface area (Å²) in [6.07, 6.45) is -0.983. The lowest BCUT2D eigenvalue weighted by Gasteiger charge is -2.41. The van der Waals surface area contributed by atoms with Crippen molar-refractivity contribution >= 4 is 10.9 Å². The van der Waals surface area contributed by atoms with Crippen LogP contribution in [0.4, 0.5) is 0 Å². The second-order valence-corrected chi connectivity index (χ2v) is 7.68. The van der Waals surface area contributed by atoms with Gasteiger partial charge in [-0.3, -0.25) is 4.79 Å². The molecule has 0 bridgehead atoms. The molecular weight excluding hydrogens is 356 g/mol. The summed E-state index contributed by atoms with van der Waals surface area (Å²) in [7, 11) is 1.62. The van der Waals surface area contributed by atoms with Crippen LogP contribution in [0.5, 0.6) is 11.5 Å². The van der Waals surface area contributed by atoms with Crippen LogP contribution in [0.3, 0.4) is 0 Å². The van der Waals surface area contributed by atoms with Gasteiger partial charge in [-0.2, -0.15) is 0 Å². The Labute approximate surface area is 163 Å². The Morgan fingerprint density at radius 3 is 2.54 bits per heavy atom. The number of rotatable bonds is 3. The number of hydrogen-bond acceptors (Lipinski definition) is 5. The summed E-state index contributed by atoms with van der Waals surface area (Å²) in [5.74, 6) is 1.22. The number of fused-ring (bicyclic) bond motifs is 3. The minimum Gasteiger partial charge on any atom is -0.497 e. The van der Waals surface area contributed by atoms with E-state index in [2.05, 4.69) is 0 Å². The first-order valence-electron chi connectivity index (χ1n) is 9.24. The zero-order valence-corrected chi connectivity index (χ0v) is 16.2. The predicted octanol–water partition coefficient (Wildman–Crippen LogP) is 2.59. The highest BCUT2D eigenvalue weighted by Gasteiger charge is 2.43. The molecule has 4 rings (SSSR count). The highest BCUT2D eigenvalue weighted by Crippen LogP contribution is 2.41. The molecule has 1 aliphatic heterocycles. The summed E-state index contributed by atoms with van der Waals surface area (Å²) < 4.78 is 13.0. The van der Waals surface area contributed by atoms with E-state index in [1.807, 2.05) is 48.5 Å². The maximum absolute atomic E-state index is 13.4. The lowest BCUT2D eigenvalue weighted by Crippen LogP contribution is -2.53. The Bertz CT molecular complexity index is 1090. The maximum atomic E-state index is 13.4. The molecule has 0 saturated heterocycles. The number of pyridine rings is 1. The predicted molar refractivity (Wildman–Crippen MR) is 108 cm³/mol. The van der Waals surface area contributed by atoms with E-state index in [0.717, 1.165) is 22.2 Å². The van der Waals surface area contributed by atoms with Crippen molar-refractivity contribution in [2.45, 2.75) is 38.1 Å². The van der Waals surface area contributed by atoms with Gasteiger partial charge in [-0.25, -0.2) is 0 Å². The number of ether oxygens (including phenoxy) is 2. The van der Waals surface area contributed by atoms with Gasteiger partial charge in [0, 0.05) is 5.39 Å². The van der Waals surface area contributed by atoms with Gasteiger partial charge >= 0.3 is 0 Å². The zero-order valence-electron chi connectivity index (χ0n) is 16.2. The van der Waals surface area contributed by atoms with Gasteiger partial charge < -0.3 is 24.9 Å². The summed E-state index contributed by atoms with van der Waals surface area (Å²) in [5.41, 5.74) is 7.21. The number of aromatic nitrogens is 1. The van der Waals surface area contributed by atoms with Crippen molar-refractivity contribution in [2.75, 3.05) is 7.11 Å². The van der Waals surface area contributed by atoms with Crippen LogP contribution in [0.15, 0.2) is 53.3 Å². The second kappa shape index (κ2) is 6.65. The van der Waals surface area contributed by atoms with E-state index in [4.69, 9.17) is 15.2 Å². The molecule has 2 heterocycles. The molecule has 6 heteroatoms. The van der Waals surface area contributed by atoms with E-state index in [0.29, 0.717) is 17.9 Å². The molecule has 0 saturated carbocycles. The van der Waals surface area contributed by atoms with Gasteiger partial charge in [-0.05, 0) is 43.7 Å².